The molecule has 0 aromatic heterocycles. The topological polar surface area (TPSA) is 38.7 Å². The number of hydrogen-bond acceptors (Lipinski definition) is 3. The lowest BCUT2D eigenvalue weighted by Crippen LogP contribution is -2.43. The van der Waals surface area contributed by atoms with E-state index in [1.807, 2.05) is 30.3 Å². The van der Waals surface area contributed by atoms with Gasteiger partial charge in [0, 0.05) is 23.5 Å². The Morgan fingerprint density at radius 1 is 0.889 bits per heavy atom. The highest BCUT2D eigenvalue weighted by molar-refractivity contribution is 5.52. The Bertz CT molecular complexity index is 930. The van der Waals surface area contributed by atoms with Crippen LogP contribution < -0.4 is 9.47 Å². The molecule has 1 N–H and O–H groups in total. The minimum absolute atomic E-state index is 0.109. The second-order valence-corrected chi connectivity index (χ2v) is 7.57. The van der Waals surface area contributed by atoms with Gasteiger partial charge in [-0.25, -0.2) is 0 Å². The molecule has 0 aliphatic carbocycles. The van der Waals surface area contributed by atoms with Crippen LogP contribution in [0, 0.1) is 0 Å². The van der Waals surface area contributed by atoms with E-state index in [-0.39, 0.29) is 17.6 Å². The normalized spacial score (nSPS) is 20.4. The van der Waals surface area contributed by atoms with Gasteiger partial charge in [-0.1, -0.05) is 48.5 Å². The summed E-state index contributed by atoms with van der Waals surface area (Å²) in [4.78, 5) is 0. The second-order valence-electron chi connectivity index (χ2n) is 7.57. The Balaban J connectivity index is 1.94. The molecule has 0 saturated heterocycles. The molecule has 3 aromatic rings. The van der Waals surface area contributed by atoms with Gasteiger partial charge in [-0.2, -0.15) is 0 Å². The van der Waals surface area contributed by atoms with Crippen LogP contribution in [-0.2, 0) is 0 Å². The highest BCUT2D eigenvalue weighted by Crippen LogP contribution is 2.53. The number of hydrogen-bond donors (Lipinski definition) is 1. The van der Waals surface area contributed by atoms with Gasteiger partial charge in [0.2, 0.25) is 0 Å². The third kappa shape index (κ3) is 3.14. The second kappa shape index (κ2) is 6.66. The third-order valence-corrected chi connectivity index (χ3v) is 5.42. The molecule has 3 nitrogen and oxygen atoms in total. The van der Waals surface area contributed by atoms with Crippen molar-refractivity contribution in [2.45, 2.75) is 31.3 Å². The van der Waals surface area contributed by atoms with Gasteiger partial charge in [0.05, 0.1) is 7.11 Å². The number of phenolic OH excluding ortho intramolecular Hbond substituents is 1. The van der Waals surface area contributed by atoms with Gasteiger partial charge in [0.15, 0.2) is 0 Å². The van der Waals surface area contributed by atoms with Gasteiger partial charge >= 0.3 is 0 Å². The van der Waals surface area contributed by atoms with Crippen LogP contribution >= 0.6 is 0 Å². The van der Waals surface area contributed by atoms with Crippen LogP contribution in [0.5, 0.6) is 17.2 Å². The van der Waals surface area contributed by atoms with Crippen LogP contribution in [0.15, 0.2) is 72.8 Å². The zero-order valence-electron chi connectivity index (χ0n) is 15.8. The number of benzene rings is 3. The molecular formula is C24H24O3. The smallest absolute Gasteiger partial charge is 0.127 e. The monoisotopic (exact) mass is 360 g/mol. The first-order chi connectivity index (χ1) is 13.0. The molecule has 0 amide bonds. The number of phenols is 1. The summed E-state index contributed by atoms with van der Waals surface area (Å²) in [6, 6.07) is 24.1. The van der Waals surface area contributed by atoms with Gasteiger partial charge in [0.25, 0.3) is 0 Å². The van der Waals surface area contributed by atoms with Crippen molar-refractivity contribution in [3.05, 3.63) is 89.5 Å². The van der Waals surface area contributed by atoms with Gasteiger partial charge in [-0.15, -0.1) is 0 Å². The molecule has 0 radical (unpaired) electrons. The van der Waals surface area contributed by atoms with E-state index in [1.165, 1.54) is 5.56 Å². The van der Waals surface area contributed by atoms with E-state index in [2.05, 4.69) is 44.2 Å². The zero-order chi connectivity index (χ0) is 19.0. The molecule has 0 bridgehead atoms. The minimum atomic E-state index is -0.413. The highest BCUT2D eigenvalue weighted by atomic mass is 16.5. The van der Waals surface area contributed by atoms with Crippen molar-refractivity contribution in [1.82, 2.24) is 0 Å². The molecule has 3 aromatic carbocycles. The quantitative estimate of drug-likeness (QED) is 0.671. The van der Waals surface area contributed by atoms with E-state index in [0.29, 0.717) is 0 Å². The van der Waals surface area contributed by atoms with Crippen molar-refractivity contribution in [1.29, 1.82) is 0 Å². The van der Waals surface area contributed by atoms with Crippen molar-refractivity contribution >= 4 is 0 Å². The fraction of sp³-hybridized carbons (Fsp3) is 0.250. The molecule has 0 saturated carbocycles. The van der Waals surface area contributed by atoms with E-state index in [4.69, 9.17) is 9.47 Å². The summed E-state index contributed by atoms with van der Waals surface area (Å²) < 4.78 is 11.9. The van der Waals surface area contributed by atoms with Gasteiger partial charge in [-0.3, -0.25) is 0 Å². The van der Waals surface area contributed by atoms with Gasteiger partial charge < -0.3 is 14.6 Å². The van der Waals surface area contributed by atoms with Crippen LogP contribution in [0.3, 0.4) is 0 Å². The van der Waals surface area contributed by atoms with E-state index in [9.17, 15) is 5.11 Å². The number of methoxy groups -OCH3 is 1. The molecule has 27 heavy (non-hydrogen) atoms. The number of rotatable bonds is 3. The zero-order valence-corrected chi connectivity index (χ0v) is 15.8. The summed E-state index contributed by atoms with van der Waals surface area (Å²) in [5, 5.41) is 9.76. The largest absolute Gasteiger partial charge is 0.508 e. The summed E-state index contributed by atoms with van der Waals surface area (Å²) in [6.07, 6.45) is 0. The van der Waals surface area contributed by atoms with Crippen LogP contribution in [0.25, 0.3) is 0 Å². The van der Waals surface area contributed by atoms with Crippen molar-refractivity contribution in [3.63, 3.8) is 0 Å². The highest BCUT2D eigenvalue weighted by Gasteiger charge is 2.45. The molecule has 138 valence electrons. The summed E-state index contributed by atoms with van der Waals surface area (Å²) in [6.45, 7) is 4.28. The lowest BCUT2D eigenvalue weighted by Gasteiger charge is -2.45. The van der Waals surface area contributed by atoms with Crippen molar-refractivity contribution < 1.29 is 14.6 Å². The number of fused-ring (bicyclic) bond motifs is 1. The first kappa shape index (κ1) is 17.5. The van der Waals surface area contributed by atoms with Crippen LogP contribution in [0.4, 0.5) is 0 Å². The lowest BCUT2D eigenvalue weighted by atomic mass is 9.68. The summed E-state index contributed by atoms with van der Waals surface area (Å²) in [7, 11) is 1.67. The summed E-state index contributed by atoms with van der Waals surface area (Å²) >= 11 is 0. The first-order valence-electron chi connectivity index (χ1n) is 9.20. The molecule has 1 aliphatic rings. The molecule has 1 aliphatic heterocycles. The molecular weight excluding hydrogens is 336 g/mol. The van der Waals surface area contributed by atoms with E-state index < -0.39 is 5.60 Å². The molecule has 4 rings (SSSR count). The Labute approximate surface area is 160 Å². The molecule has 0 unspecified atom stereocenters. The van der Waals surface area contributed by atoms with E-state index in [0.717, 1.165) is 22.6 Å². The summed E-state index contributed by atoms with van der Waals surface area (Å²) in [5.41, 5.74) is 3.12. The maximum atomic E-state index is 9.76. The Morgan fingerprint density at radius 3 is 2.26 bits per heavy atom. The fourth-order valence-electron chi connectivity index (χ4n) is 4.22. The van der Waals surface area contributed by atoms with Crippen LogP contribution in [0.2, 0.25) is 0 Å². The third-order valence-electron chi connectivity index (χ3n) is 5.42. The van der Waals surface area contributed by atoms with Crippen LogP contribution in [-0.4, -0.2) is 17.8 Å². The summed E-state index contributed by atoms with van der Waals surface area (Å²) in [5.74, 6) is 2.15. The predicted octanol–water partition coefficient (Wildman–Crippen LogP) is 5.49. The fourth-order valence-corrected chi connectivity index (χ4v) is 4.22. The van der Waals surface area contributed by atoms with E-state index >= 15 is 0 Å². The van der Waals surface area contributed by atoms with Crippen molar-refractivity contribution in [2.75, 3.05) is 7.11 Å². The van der Waals surface area contributed by atoms with Crippen molar-refractivity contribution in [3.8, 4) is 17.2 Å². The maximum absolute atomic E-state index is 9.76. The molecule has 0 fully saturated rings. The van der Waals surface area contributed by atoms with Crippen molar-refractivity contribution in [2.24, 2.45) is 0 Å². The first-order valence-corrected chi connectivity index (χ1v) is 9.20. The molecule has 0 spiro atoms. The predicted molar refractivity (Wildman–Crippen MR) is 107 cm³/mol. The number of ether oxygens (including phenoxy) is 2. The van der Waals surface area contributed by atoms with Crippen LogP contribution in [0.1, 0.15) is 42.4 Å². The van der Waals surface area contributed by atoms with Gasteiger partial charge in [-0.05, 0) is 43.2 Å². The van der Waals surface area contributed by atoms with Gasteiger partial charge in [0.1, 0.15) is 22.8 Å². The Kier molecular flexibility index (Phi) is 4.31. The Hall–Kier alpha value is -2.94. The molecule has 2 atom stereocenters. The average Bonchev–Trinajstić information content (AvgIpc) is 2.67. The SMILES string of the molecule is COc1ccc2c(c1)OC(C)(C)[C@@H](c1ccccc1)[C@@H]2c1ccc(O)cc1. The lowest BCUT2D eigenvalue weighted by molar-refractivity contribution is 0.0528. The number of aromatic hydroxyl groups is 1. The minimum Gasteiger partial charge on any atom is -0.508 e. The maximum Gasteiger partial charge on any atom is 0.127 e. The molecule has 1 heterocycles. The standard InChI is InChI=1S/C24H24O3/c1-24(2)23(17-7-5-4-6-8-17)22(16-9-11-18(25)12-10-16)20-14-13-19(26-3)15-21(20)27-24/h4-15,22-23,25H,1-3H3/t22-,23+/m1/s1. The molecule has 3 heteroatoms. The average molecular weight is 360 g/mol. The van der Waals surface area contributed by atoms with E-state index in [1.54, 1.807) is 19.2 Å². The Morgan fingerprint density at radius 2 is 1.59 bits per heavy atom.